The van der Waals surface area contributed by atoms with E-state index >= 15 is 0 Å². The van der Waals surface area contributed by atoms with E-state index < -0.39 is 0 Å². The molecule has 0 aliphatic heterocycles. The summed E-state index contributed by atoms with van der Waals surface area (Å²) in [5.74, 6) is 0. The molecule has 1 aromatic carbocycles. The number of para-hydroxylation sites is 1. The molecule has 5 heteroatoms. The summed E-state index contributed by atoms with van der Waals surface area (Å²) in [7, 11) is 0. The SMILES string of the molecule is Cc1cccc(C)c1NCc1cc(=O)n2c(C)csc2n1. The summed E-state index contributed by atoms with van der Waals surface area (Å²) in [4.78, 5) is 17.4. The van der Waals surface area contributed by atoms with Crippen LogP contribution < -0.4 is 10.9 Å². The summed E-state index contributed by atoms with van der Waals surface area (Å²) in [6, 6.07) is 7.79. The van der Waals surface area contributed by atoms with Gasteiger partial charge < -0.3 is 5.32 Å². The summed E-state index contributed by atoms with van der Waals surface area (Å²) in [5, 5.41) is 5.34. The van der Waals surface area contributed by atoms with Gasteiger partial charge in [-0.1, -0.05) is 18.2 Å². The lowest BCUT2D eigenvalue weighted by Crippen LogP contribution is -2.16. The summed E-state index contributed by atoms with van der Waals surface area (Å²) in [6.07, 6.45) is 0. The van der Waals surface area contributed by atoms with Crippen molar-refractivity contribution in [1.82, 2.24) is 9.38 Å². The molecule has 108 valence electrons. The maximum Gasteiger partial charge on any atom is 0.259 e. The number of fused-ring (bicyclic) bond motifs is 1. The third-order valence-corrected chi connectivity index (χ3v) is 4.50. The summed E-state index contributed by atoms with van der Waals surface area (Å²) < 4.78 is 1.65. The summed E-state index contributed by atoms with van der Waals surface area (Å²) in [5.41, 5.74) is 5.18. The first-order valence-electron chi connectivity index (χ1n) is 6.83. The molecule has 0 amide bonds. The minimum Gasteiger partial charge on any atom is -0.379 e. The van der Waals surface area contributed by atoms with Crippen LogP contribution in [0.15, 0.2) is 34.4 Å². The number of hydrogen-bond acceptors (Lipinski definition) is 4. The van der Waals surface area contributed by atoms with Crippen molar-refractivity contribution in [2.45, 2.75) is 27.3 Å². The molecular formula is C16H17N3OS. The van der Waals surface area contributed by atoms with E-state index in [0.29, 0.717) is 6.54 Å². The van der Waals surface area contributed by atoms with Gasteiger partial charge in [0.05, 0.1) is 12.2 Å². The average molecular weight is 299 g/mol. The van der Waals surface area contributed by atoms with Crippen LogP contribution in [-0.2, 0) is 6.54 Å². The normalized spacial score (nSPS) is 11.0. The van der Waals surface area contributed by atoms with Gasteiger partial charge in [-0.15, -0.1) is 11.3 Å². The Morgan fingerprint density at radius 1 is 1.24 bits per heavy atom. The zero-order chi connectivity index (χ0) is 15.0. The van der Waals surface area contributed by atoms with Crippen LogP contribution in [0.25, 0.3) is 4.96 Å². The van der Waals surface area contributed by atoms with Gasteiger partial charge in [-0.3, -0.25) is 9.20 Å². The fourth-order valence-electron chi connectivity index (χ4n) is 2.46. The lowest BCUT2D eigenvalue weighted by molar-refractivity contribution is 0.964. The van der Waals surface area contributed by atoms with Gasteiger partial charge in [-0.05, 0) is 31.9 Å². The van der Waals surface area contributed by atoms with Crippen LogP contribution in [0.1, 0.15) is 22.5 Å². The Morgan fingerprint density at radius 3 is 2.67 bits per heavy atom. The predicted octanol–water partition coefficient (Wildman–Crippen LogP) is 3.29. The number of hydrogen-bond donors (Lipinski definition) is 1. The second-order valence-corrected chi connectivity index (χ2v) is 6.04. The van der Waals surface area contributed by atoms with Crippen LogP contribution in [-0.4, -0.2) is 9.38 Å². The second kappa shape index (κ2) is 5.33. The Kier molecular flexibility index (Phi) is 3.51. The largest absolute Gasteiger partial charge is 0.379 e. The Morgan fingerprint density at radius 2 is 1.95 bits per heavy atom. The van der Waals surface area contributed by atoms with Gasteiger partial charge in [0.25, 0.3) is 5.56 Å². The maximum atomic E-state index is 12.1. The van der Waals surface area contributed by atoms with Crippen molar-refractivity contribution in [2.75, 3.05) is 5.32 Å². The molecule has 3 aromatic rings. The van der Waals surface area contributed by atoms with E-state index in [2.05, 4.69) is 36.3 Å². The Hall–Kier alpha value is -2.14. The second-order valence-electron chi connectivity index (χ2n) is 5.20. The van der Waals surface area contributed by atoms with E-state index in [1.165, 1.54) is 22.5 Å². The smallest absolute Gasteiger partial charge is 0.259 e. The lowest BCUT2D eigenvalue weighted by Gasteiger charge is -2.12. The van der Waals surface area contributed by atoms with Crippen LogP contribution in [0.5, 0.6) is 0 Å². The third-order valence-electron chi connectivity index (χ3n) is 3.56. The molecule has 0 spiro atoms. The molecule has 0 saturated carbocycles. The zero-order valence-electron chi connectivity index (χ0n) is 12.3. The predicted molar refractivity (Wildman–Crippen MR) is 87.3 cm³/mol. The standard InChI is InChI=1S/C16H17N3OS/c1-10-5-4-6-11(2)15(10)17-8-13-7-14(20)19-12(3)9-21-16(19)18-13/h4-7,9,17H,8H2,1-3H3. The van der Waals surface area contributed by atoms with Gasteiger partial charge in [-0.25, -0.2) is 4.98 Å². The molecule has 2 aromatic heterocycles. The fraction of sp³-hybridized carbons (Fsp3) is 0.250. The monoisotopic (exact) mass is 299 g/mol. The molecule has 0 bridgehead atoms. The van der Waals surface area contributed by atoms with Gasteiger partial charge in [0.2, 0.25) is 0 Å². The van der Waals surface area contributed by atoms with Crippen LogP contribution in [0, 0.1) is 20.8 Å². The fourth-order valence-corrected chi connectivity index (χ4v) is 3.35. The summed E-state index contributed by atoms with van der Waals surface area (Å²) in [6.45, 7) is 6.61. The first-order chi connectivity index (χ1) is 10.1. The van der Waals surface area contributed by atoms with Crippen LogP contribution in [0.3, 0.4) is 0 Å². The van der Waals surface area contributed by atoms with Crippen molar-refractivity contribution in [3.05, 3.63) is 62.5 Å². The molecule has 21 heavy (non-hydrogen) atoms. The molecule has 2 heterocycles. The average Bonchev–Trinajstić information content (AvgIpc) is 2.80. The maximum absolute atomic E-state index is 12.1. The highest BCUT2D eigenvalue weighted by Crippen LogP contribution is 2.20. The number of rotatable bonds is 3. The Labute approximate surface area is 127 Å². The minimum atomic E-state index is -0.0166. The third kappa shape index (κ3) is 2.56. The van der Waals surface area contributed by atoms with Crippen LogP contribution >= 0.6 is 11.3 Å². The number of aryl methyl sites for hydroxylation is 3. The molecule has 0 fully saturated rings. The van der Waals surface area contributed by atoms with Crippen LogP contribution in [0.2, 0.25) is 0 Å². The molecule has 0 aliphatic carbocycles. The molecule has 0 saturated heterocycles. The number of nitrogens with one attached hydrogen (secondary N) is 1. The summed E-state index contributed by atoms with van der Waals surface area (Å²) >= 11 is 1.49. The van der Waals surface area contributed by atoms with Gasteiger partial charge in [-0.2, -0.15) is 0 Å². The van der Waals surface area contributed by atoms with Gasteiger partial charge >= 0.3 is 0 Å². The molecule has 0 atom stereocenters. The number of anilines is 1. The van der Waals surface area contributed by atoms with E-state index in [9.17, 15) is 4.79 Å². The molecular weight excluding hydrogens is 282 g/mol. The molecule has 0 aliphatic rings. The van der Waals surface area contributed by atoms with E-state index in [0.717, 1.165) is 22.0 Å². The molecule has 4 nitrogen and oxygen atoms in total. The van der Waals surface area contributed by atoms with E-state index in [1.54, 1.807) is 10.5 Å². The molecule has 1 N–H and O–H groups in total. The highest BCUT2D eigenvalue weighted by molar-refractivity contribution is 7.15. The van der Waals surface area contributed by atoms with E-state index in [1.807, 2.05) is 18.4 Å². The lowest BCUT2D eigenvalue weighted by atomic mass is 10.1. The first-order valence-corrected chi connectivity index (χ1v) is 7.71. The Balaban J connectivity index is 1.91. The first kappa shape index (κ1) is 13.8. The van der Waals surface area contributed by atoms with Crippen molar-refractivity contribution < 1.29 is 0 Å². The number of nitrogens with zero attached hydrogens (tertiary/aromatic N) is 2. The number of benzene rings is 1. The number of thiazole rings is 1. The quantitative estimate of drug-likeness (QED) is 0.807. The van der Waals surface area contributed by atoms with Crippen molar-refractivity contribution in [3.8, 4) is 0 Å². The highest BCUT2D eigenvalue weighted by Gasteiger charge is 2.07. The molecule has 3 rings (SSSR count). The topological polar surface area (TPSA) is 46.4 Å². The van der Waals surface area contributed by atoms with Crippen LogP contribution in [0.4, 0.5) is 5.69 Å². The van der Waals surface area contributed by atoms with Gasteiger partial charge in [0.15, 0.2) is 4.96 Å². The van der Waals surface area contributed by atoms with E-state index in [-0.39, 0.29) is 5.56 Å². The van der Waals surface area contributed by atoms with E-state index in [4.69, 9.17) is 0 Å². The molecule has 0 radical (unpaired) electrons. The molecule has 0 unspecified atom stereocenters. The highest BCUT2D eigenvalue weighted by atomic mass is 32.1. The van der Waals surface area contributed by atoms with Crippen molar-refractivity contribution >= 4 is 22.0 Å². The van der Waals surface area contributed by atoms with Crippen molar-refractivity contribution in [1.29, 1.82) is 0 Å². The minimum absolute atomic E-state index is 0.0166. The zero-order valence-corrected chi connectivity index (χ0v) is 13.1. The van der Waals surface area contributed by atoms with Crippen molar-refractivity contribution in [2.24, 2.45) is 0 Å². The number of aromatic nitrogens is 2. The van der Waals surface area contributed by atoms with Crippen molar-refractivity contribution in [3.63, 3.8) is 0 Å². The van der Waals surface area contributed by atoms with Gasteiger partial charge in [0.1, 0.15) is 0 Å². The Bertz CT molecular complexity index is 843. The van der Waals surface area contributed by atoms with Gasteiger partial charge in [0, 0.05) is 22.8 Å².